The van der Waals surface area contributed by atoms with Crippen LogP contribution in [0.15, 0.2) is 54.7 Å². The Kier molecular flexibility index (Phi) is 3.13. The first kappa shape index (κ1) is 12.3. The van der Waals surface area contributed by atoms with Gasteiger partial charge in [-0.15, -0.1) is 0 Å². The zero-order valence-electron chi connectivity index (χ0n) is 11.1. The monoisotopic (exact) mass is 265 g/mol. The molecule has 1 aromatic heterocycles. The number of nitrogen functional groups attached to an aromatic ring is 1. The molecule has 0 amide bonds. The molecule has 0 fully saturated rings. The van der Waals surface area contributed by atoms with Crippen molar-refractivity contribution < 1.29 is 4.74 Å². The zero-order valence-corrected chi connectivity index (χ0v) is 11.1. The van der Waals surface area contributed by atoms with E-state index >= 15 is 0 Å². The van der Waals surface area contributed by atoms with Gasteiger partial charge in [-0.05, 0) is 47.9 Å². The van der Waals surface area contributed by atoms with Crippen LogP contribution in [0.25, 0.3) is 10.8 Å². The van der Waals surface area contributed by atoms with Crippen molar-refractivity contribution in [3.63, 3.8) is 0 Å². The lowest BCUT2D eigenvalue weighted by molar-refractivity contribution is 0.415. The predicted molar refractivity (Wildman–Crippen MR) is 82.4 cm³/mol. The van der Waals surface area contributed by atoms with Gasteiger partial charge in [-0.2, -0.15) is 0 Å². The molecule has 0 aliphatic heterocycles. The van der Waals surface area contributed by atoms with E-state index in [2.05, 4.69) is 10.3 Å². The number of nitrogens with zero attached hydrogens (tertiary/aromatic N) is 1. The van der Waals surface area contributed by atoms with E-state index in [1.807, 2.05) is 48.5 Å². The van der Waals surface area contributed by atoms with Gasteiger partial charge in [-0.1, -0.05) is 6.07 Å². The Labute approximate surface area is 117 Å². The van der Waals surface area contributed by atoms with Crippen molar-refractivity contribution >= 4 is 28.0 Å². The molecule has 0 saturated carbocycles. The number of nitrogens with one attached hydrogen (secondary N) is 1. The largest absolute Gasteiger partial charge is 0.497 e. The van der Waals surface area contributed by atoms with Crippen molar-refractivity contribution in [2.24, 2.45) is 0 Å². The van der Waals surface area contributed by atoms with Crippen molar-refractivity contribution in [3.05, 3.63) is 54.7 Å². The first-order chi connectivity index (χ1) is 9.76. The molecule has 4 nitrogen and oxygen atoms in total. The van der Waals surface area contributed by atoms with Crippen LogP contribution in [0.4, 0.5) is 17.2 Å². The molecule has 3 aromatic rings. The van der Waals surface area contributed by atoms with Crippen LogP contribution in [0.2, 0.25) is 0 Å². The topological polar surface area (TPSA) is 60.2 Å². The fourth-order valence-corrected chi connectivity index (χ4v) is 2.08. The highest BCUT2D eigenvalue weighted by Crippen LogP contribution is 2.27. The van der Waals surface area contributed by atoms with Crippen LogP contribution in [0.1, 0.15) is 0 Å². The number of pyridine rings is 1. The Morgan fingerprint density at radius 3 is 2.60 bits per heavy atom. The molecule has 0 radical (unpaired) electrons. The number of ether oxygens (including phenoxy) is 1. The average molecular weight is 265 g/mol. The molecule has 20 heavy (non-hydrogen) atoms. The van der Waals surface area contributed by atoms with Gasteiger partial charge in [0.05, 0.1) is 7.11 Å². The molecule has 0 saturated heterocycles. The zero-order chi connectivity index (χ0) is 13.9. The number of nitrogens with two attached hydrogens (primary N) is 1. The van der Waals surface area contributed by atoms with E-state index in [9.17, 15) is 0 Å². The molecule has 100 valence electrons. The summed E-state index contributed by atoms with van der Waals surface area (Å²) in [5.41, 5.74) is 7.37. The summed E-state index contributed by atoms with van der Waals surface area (Å²) in [6.45, 7) is 0. The van der Waals surface area contributed by atoms with Crippen LogP contribution >= 0.6 is 0 Å². The van der Waals surface area contributed by atoms with Crippen molar-refractivity contribution in [1.82, 2.24) is 4.98 Å². The first-order valence-corrected chi connectivity index (χ1v) is 6.31. The standard InChI is InChI=1S/C16H15N3O/c1-20-14-7-2-11-8-9-18-16(15(11)10-14)19-13-5-3-12(17)4-6-13/h2-10H,17H2,1H3,(H,18,19). The number of benzene rings is 2. The predicted octanol–water partition coefficient (Wildman–Crippen LogP) is 3.57. The van der Waals surface area contributed by atoms with Gasteiger partial charge in [-0.3, -0.25) is 0 Å². The Morgan fingerprint density at radius 2 is 1.85 bits per heavy atom. The number of methoxy groups -OCH3 is 1. The van der Waals surface area contributed by atoms with Gasteiger partial charge < -0.3 is 15.8 Å². The lowest BCUT2D eigenvalue weighted by Crippen LogP contribution is -1.95. The molecule has 3 N–H and O–H groups in total. The minimum absolute atomic E-state index is 0.739. The summed E-state index contributed by atoms with van der Waals surface area (Å²) in [6, 6.07) is 15.5. The molecule has 3 rings (SSSR count). The van der Waals surface area contributed by atoms with Crippen LogP contribution in [-0.4, -0.2) is 12.1 Å². The van der Waals surface area contributed by atoms with Gasteiger partial charge in [0.2, 0.25) is 0 Å². The van der Waals surface area contributed by atoms with Crippen LogP contribution in [0.3, 0.4) is 0 Å². The van der Waals surface area contributed by atoms with Gasteiger partial charge in [0.1, 0.15) is 11.6 Å². The lowest BCUT2D eigenvalue weighted by Gasteiger charge is -2.10. The third-order valence-electron chi connectivity index (χ3n) is 3.15. The van der Waals surface area contributed by atoms with E-state index in [0.29, 0.717) is 0 Å². The third-order valence-corrected chi connectivity index (χ3v) is 3.15. The second-order valence-corrected chi connectivity index (χ2v) is 4.49. The third kappa shape index (κ3) is 2.36. The number of fused-ring (bicyclic) bond motifs is 1. The van der Waals surface area contributed by atoms with Crippen molar-refractivity contribution in [2.75, 3.05) is 18.2 Å². The second kappa shape index (κ2) is 5.09. The minimum atomic E-state index is 0.739. The molecule has 0 aliphatic rings. The fraction of sp³-hybridized carbons (Fsp3) is 0.0625. The Hall–Kier alpha value is -2.75. The highest BCUT2D eigenvalue weighted by molar-refractivity contribution is 5.94. The molecule has 0 aliphatic carbocycles. The minimum Gasteiger partial charge on any atom is -0.497 e. The summed E-state index contributed by atoms with van der Waals surface area (Å²) in [6.07, 6.45) is 1.79. The lowest BCUT2D eigenvalue weighted by atomic mass is 10.1. The van der Waals surface area contributed by atoms with Gasteiger partial charge >= 0.3 is 0 Å². The number of hydrogen-bond donors (Lipinski definition) is 2. The van der Waals surface area contributed by atoms with Gasteiger partial charge in [0.15, 0.2) is 0 Å². The van der Waals surface area contributed by atoms with E-state index in [0.717, 1.165) is 33.7 Å². The van der Waals surface area contributed by atoms with Gasteiger partial charge in [0, 0.05) is 23.0 Å². The van der Waals surface area contributed by atoms with Crippen LogP contribution in [0.5, 0.6) is 5.75 Å². The van der Waals surface area contributed by atoms with E-state index < -0.39 is 0 Å². The summed E-state index contributed by atoms with van der Waals surface area (Å²) in [7, 11) is 1.66. The number of aromatic nitrogens is 1. The number of anilines is 3. The van der Waals surface area contributed by atoms with Gasteiger partial charge in [0.25, 0.3) is 0 Å². The summed E-state index contributed by atoms with van der Waals surface area (Å²) < 4.78 is 5.27. The molecule has 1 heterocycles. The number of hydrogen-bond acceptors (Lipinski definition) is 4. The molecular formula is C16H15N3O. The van der Waals surface area contributed by atoms with Crippen LogP contribution < -0.4 is 15.8 Å². The smallest absolute Gasteiger partial charge is 0.138 e. The molecule has 2 aromatic carbocycles. The normalized spacial score (nSPS) is 10.4. The van der Waals surface area contributed by atoms with Crippen molar-refractivity contribution in [1.29, 1.82) is 0 Å². The van der Waals surface area contributed by atoms with E-state index in [1.54, 1.807) is 13.3 Å². The Morgan fingerprint density at radius 1 is 1.05 bits per heavy atom. The molecule has 0 spiro atoms. The highest BCUT2D eigenvalue weighted by Gasteiger charge is 2.04. The SMILES string of the molecule is COc1ccc2ccnc(Nc3ccc(N)cc3)c2c1. The van der Waals surface area contributed by atoms with Crippen LogP contribution in [-0.2, 0) is 0 Å². The Bertz CT molecular complexity index is 738. The number of rotatable bonds is 3. The quantitative estimate of drug-likeness (QED) is 0.711. The fourth-order valence-electron chi connectivity index (χ4n) is 2.08. The summed E-state index contributed by atoms with van der Waals surface area (Å²) >= 11 is 0. The molecule has 0 bridgehead atoms. The summed E-state index contributed by atoms with van der Waals surface area (Å²) in [4.78, 5) is 4.40. The molecule has 0 unspecified atom stereocenters. The molecule has 4 heteroatoms. The van der Waals surface area contributed by atoms with Crippen molar-refractivity contribution in [3.8, 4) is 5.75 Å². The maximum Gasteiger partial charge on any atom is 0.138 e. The molecule has 0 atom stereocenters. The first-order valence-electron chi connectivity index (χ1n) is 6.31. The maximum absolute atomic E-state index is 5.69. The van der Waals surface area contributed by atoms with Gasteiger partial charge in [-0.25, -0.2) is 4.98 Å². The molecular weight excluding hydrogens is 250 g/mol. The summed E-state index contributed by atoms with van der Waals surface area (Å²) in [5, 5.41) is 5.43. The second-order valence-electron chi connectivity index (χ2n) is 4.49. The maximum atomic E-state index is 5.69. The van der Waals surface area contributed by atoms with E-state index in [-0.39, 0.29) is 0 Å². The Balaban J connectivity index is 2.04. The average Bonchev–Trinajstić information content (AvgIpc) is 2.49. The highest BCUT2D eigenvalue weighted by atomic mass is 16.5. The van der Waals surface area contributed by atoms with Crippen LogP contribution in [0, 0.1) is 0 Å². The van der Waals surface area contributed by atoms with Crippen molar-refractivity contribution in [2.45, 2.75) is 0 Å². The van der Waals surface area contributed by atoms with E-state index in [1.165, 1.54) is 0 Å². The van der Waals surface area contributed by atoms with E-state index in [4.69, 9.17) is 10.5 Å². The summed E-state index contributed by atoms with van der Waals surface area (Å²) in [5.74, 6) is 1.61.